The Morgan fingerprint density at radius 3 is 2.68 bits per heavy atom. The lowest BCUT2D eigenvalue weighted by atomic mass is 10.1. The second-order valence-electron chi connectivity index (χ2n) is 5.42. The smallest absolute Gasteiger partial charge is 0.352 e. The van der Waals surface area contributed by atoms with Crippen LogP contribution in [0.25, 0.3) is 0 Å². The van der Waals surface area contributed by atoms with Gasteiger partial charge in [0.2, 0.25) is 5.91 Å². The number of carbonyl (C=O) groups is 3. The maximum absolute atomic E-state index is 12.2. The second kappa shape index (κ2) is 7.49. The topological polar surface area (TPSA) is 95.9 Å². The van der Waals surface area contributed by atoms with Crippen LogP contribution in [0, 0.1) is 0 Å². The van der Waals surface area contributed by atoms with Crippen LogP contribution in [0.1, 0.15) is 6.42 Å². The van der Waals surface area contributed by atoms with E-state index < -0.39 is 11.3 Å². The molecule has 1 unspecified atom stereocenters. The molecule has 9 heteroatoms. The normalized spacial score (nSPS) is 22.1. The quantitative estimate of drug-likeness (QED) is 0.529. The van der Waals surface area contributed by atoms with Crippen molar-refractivity contribution in [3.8, 4) is 5.75 Å². The van der Waals surface area contributed by atoms with E-state index in [2.05, 4.69) is 21.2 Å². The number of hydrogen-bond acceptors (Lipinski definition) is 5. The van der Waals surface area contributed by atoms with E-state index in [1.807, 2.05) is 6.07 Å². The number of nitrogens with zero attached hydrogens (tertiary/aromatic N) is 1. The maximum atomic E-state index is 12.2. The largest absolute Gasteiger partial charge is 0.484 e. The average Bonchev–Trinajstić information content (AvgIpc) is 2.59. The number of nitrogens with one attached hydrogen (secondary N) is 1. The second-order valence-corrected chi connectivity index (χ2v) is 7.27. The molecule has 0 saturated carbocycles. The van der Waals surface area contributed by atoms with Gasteiger partial charge in [-0.2, -0.15) is 0 Å². The summed E-state index contributed by atoms with van der Waals surface area (Å²) in [5, 5.41) is 11.7. The third-order valence-electron chi connectivity index (χ3n) is 3.81. The molecule has 2 amide bonds. The number of alkyl halides is 1. The van der Waals surface area contributed by atoms with Crippen LogP contribution in [0.5, 0.6) is 5.75 Å². The zero-order valence-electron chi connectivity index (χ0n) is 13.0. The van der Waals surface area contributed by atoms with Gasteiger partial charge in [-0.1, -0.05) is 34.1 Å². The summed E-state index contributed by atoms with van der Waals surface area (Å²) in [6, 6.07) is 8.94. The molecule has 0 radical (unpaired) electrons. The first-order chi connectivity index (χ1) is 12.0. The fraction of sp³-hybridized carbons (Fsp3) is 0.312. The molecule has 1 aromatic carbocycles. The lowest BCUT2D eigenvalue weighted by molar-refractivity contribution is -0.146. The van der Waals surface area contributed by atoms with Crippen LogP contribution in [0.2, 0.25) is 0 Å². The Labute approximate surface area is 156 Å². The van der Waals surface area contributed by atoms with Crippen LogP contribution in [-0.2, 0) is 14.4 Å². The number of carboxylic acid groups (broad SMARTS) is 1. The molecular weight excluding hydrogens is 412 g/mol. The summed E-state index contributed by atoms with van der Waals surface area (Å²) in [5.41, 5.74) is 0.404. The molecule has 2 heterocycles. The van der Waals surface area contributed by atoms with Crippen molar-refractivity contribution in [2.75, 3.05) is 11.9 Å². The number of ether oxygens (including phenoxy) is 1. The Hall–Kier alpha value is -2.00. The Morgan fingerprint density at radius 2 is 2.08 bits per heavy atom. The number of carbonyl (C=O) groups excluding carboxylic acids is 2. The van der Waals surface area contributed by atoms with Gasteiger partial charge >= 0.3 is 5.97 Å². The van der Waals surface area contributed by atoms with Crippen molar-refractivity contribution in [3.63, 3.8) is 0 Å². The minimum Gasteiger partial charge on any atom is -0.484 e. The predicted molar refractivity (Wildman–Crippen MR) is 95.2 cm³/mol. The van der Waals surface area contributed by atoms with Gasteiger partial charge in [0.05, 0.1) is 11.8 Å². The molecule has 1 saturated heterocycles. The van der Waals surface area contributed by atoms with Gasteiger partial charge in [0.15, 0.2) is 6.61 Å². The summed E-state index contributed by atoms with van der Waals surface area (Å²) in [4.78, 5) is 36.8. The van der Waals surface area contributed by atoms with E-state index in [1.165, 1.54) is 16.7 Å². The van der Waals surface area contributed by atoms with Crippen molar-refractivity contribution in [3.05, 3.63) is 41.6 Å². The number of halogens is 1. The van der Waals surface area contributed by atoms with Gasteiger partial charge in [0.25, 0.3) is 5.91 Å². The number of rotatable bonds is 6. The minimum atomic E-state index is -1.17. The van der Waals surface area contributed by atoms with E-state index in [0.29, 0.717) is 11.3 Å². The van der Waals surface area contributed by atoms with Crippen molar-refractivity contribution < 1.29 is 24.2 Å². The van der Waals surface area contributed by atoms with Crippen molar-refractivity contribution in [1.29, 1.82) is 0 Å². The lowest BCUT2D eigenvalue weighted by Crippen LogP contribution is -2.57. The van der Waals surface area contributed by atoms with Gasteiger partial charge in [-0.05, 0) is 12.1 Å². The van der Waals surface area contributed by atoms with Gasteiger partial charge in [0, 0.05) is 10.9 Å². The summed E-state index contributed by atoms with van der Waals surface area (Å²) in [7, 11) is 0. The van der Waals surface area contributed by atoms with E-state index in [1.54, 1.807) is 24.3 Å². The fourth-order valence-corrected chi connectivity index (χ4v) is 4.89. The minimum absolute atomic E-state index is 0.0499. The molecule has 25 heavy (non-hydrogen) atoms. The summed E-state index contributed by atoms with van der Waals surface area (Å²) >= 11 is 4.62. The molecule has 2 N–H and O–H groups in total. The molecule has 7 nitrogen and oxygen atoms in total. The Kier molecular flexibility index (Phi) is 5.33. The van der Waals surface area contributed by atoms with Crippen molar-refractivity contribution in [1.82, 2.24) is 10.2 Å². The molecule has 0 bridgehead atoms. The van der Waals surface area contributed by atoms with Crippen LogP contribution >= 0.6 is 27.7 Å². The highest BCUT2D eigenvalue weighted by Crippen LogP contribution is 2.43. The molecule has 2 atom stereocenters. The lowest BCUT2D eigenvalue weighted by Gasteiger charge is -2.46. The molecule has 132 valence electrons. The van der Waals surface area contributed by atoms with E-state index >= 15 is 0 Å². The molecule has 0 aliphatic carbocycles. The molecule has 0 aromatic heterocycles. The molecule has 2 aliphatic rings. The SMILES string of the molecule is O=C(COc1ccccc1)NC1S[C@@H]2CC(=O)N2C(C(=O)O)=C1CBr. The summed E-state index contributed by atoms with van der Waals surface area (Å²) in [6.07, 6.45) is 0.268. The number of thioether (sulfide) groups is 1. The zero-order chi connectivity index (χ0) is 18.0. The Morgan fingerprint density at radius 1 is 1.36 bits per heavy atom. The van der Waals surface area contributed by atoms with Crippen LogP contribution in [-0.4, -0.2) is 50.5 Å². The first-order valence-corrected chi connectivity index (χ1v) is 9.54. The van der Waals surface area contributed by atoms with Crippen LogP contribution < -0.4 is 10.1 Å². The Balaban J connectivity index is 1.70. The number of β-lactam (4-membered cyclic amide) rings is 1. The summed E-state index contributed by atoms with van der Waals surface area (Å²) < 4.78 is 5.40. The van der Waals surface area contributed by atoms with Gasteiger partial charge in [-0.15, -0.1) is 11.8 Å². The van der Waals surface area contributed by atoms with Crippen LogP contribution in [0.15, 0.2) is 41.6 Å². The van der Waals surface area contributed by atoms with E-state index in [0.717, 1.165) is 0 Å². The number of para-hydroxylation sites is 1. The highest BCUT2D eigenvalue weighted by Gasteiger charge is 2.48. The molecule has 3 rings (SSSR count). The third-order valence-corrected chi connectivity index (χ3v) is 5.78. The predicted octanol–water partition coefficient (Wildman–Crippen LogP) is 1.55. The van der Waals surface area contributed by atoms with Crippen molar-refractivity contribution >= 4 is 45.5 Å². The number of benzene rings is 1. The number of carboxylic acids is 1. The molecule has 0 spiro atoms. The fourth-order valence-electron chi connectivity index (χ4n) is 2.63. The van der Waals surface area contributed by atoms with E-state index in [9.17, 15) is 19.5 Å². The Bertz CT molecular complexity index is 739. The van der Waals surface area contributed by atoms with E-state index in [-0.39, 0.29) is 41.2 Å². The standard InChI is InChI=1S/C16H15BrN2O5S/c17-7-10-14(16(22)23)19-12(21)6-13(19)25-15(10)18-11(20)8-24-9-4-2-1-3-5-9/h1-5,13,15H,6-8H2,(H,18,20)(H,22,23)/t13-,15?/m1/s1. The average molecular weight is 427 g/mol. The summed E-state index contributed by atoms with van der Waals surface area (Å²) in [6.45, 7) is -0.174. The van der Waals surface area contributed by atoms with Gasteiger partial charge in [-0.3, -0.25) is 14.5 Å². The van der Waals surface area contributed by atoms with Crippen LogP contribution in [0.4, 0.5) is 0 Å². The highest BCUT2D eigenvalue weighted by molar-refractivity contribution is 9.09. The number of hydrogen-bond donors (Lipinski definition) is 2. The molecule has 1 fully saturated rings. The maximum Gasteiger partial charge on any atom is 0.352 e. The summed E-state index contributed by atoms with van der Waals surface area (Å²) in [5.74, 6) is -1.17. The monoisotopic (exact) mass is 426 g/mol. The van der Waals surface area contributed by atoms with E-state index in [4.69, 9.17) is 4.74 Å². The molecular formula is C16H15BrN2O5S. The molecule has 2 aliphatic heterocycles. The van der Waals surface area contributed by atoms with Crippen molar-refractivity contribution in [2.24, 2.45) is 0 Å². The van der Waals surface area contributed by atoms with Crippen LogP contribution in [0.3, 0.4) is 0 Å². The van der Waals surface area contributed by atoms with Gasteiger partial charge in [-0.25, -0.2) is 4.79 Å². The van der Waals surface area contributed by atoms with Gasteiger partial charge in [0.1, 0.15) is 16.8 Å². The molecule has 1 aromatic rings. The van der Waals surface area contributed by atoms with Crippen molar-refractivity contribution in [2.45, 2.75) is 17.2 Å². The number of fused-ring (bicyclic) bond motifs is 1. The highest BCUT2D eigenvalue weighted by atomic mass is 79.9. The zero-order valence-corrected chi connectivity index (χ0v) is 15.4. The first kappa shape index (κ1) is 17.8. The first-order valence-electron chi connectivity index (χ1n) is 7.48. The number of aliphatic carboxylic acids is 1. The van der Waals surface area contributed by atoms with Gasteiger partial charge < -0.3 is 15.2 Å². The number of amides is 2. The third kappa shape index (κ3) is 3.67.